The number of nitrogens with one attached hydrogen (secondary N) is 1. The minimum atomic E-state index is -3.66. The summed E-state index contributed by atoms with van der Waals surface area (Å²) in [5, 5.41) is 10.1. The third-order valence-corrected chi connectivity index (χ3v) is 4.95. The van der Waals surface area contributed by atoms with Crippen LogP contribution < -0.4 is 10.5 Å². The topological polar surface area (TPSA) is 92.4 Å². The van der Waals surface area contributed by atoms with Crippen LogP contribution in [0.2, 0.25) is 0 Å². The Morgan fingerprint density at radius 2 is 1.89 bits per heavy atom. The third kappa shape index (κ3) is 3.92. The Kier molecular flexibility index (Phi) is 4.95. The number of hydrogen-bond donors (Lipinski definition) is 3. The molecule has 0 radical (unpaired) electrons. The number of hydrogen-bond acceptors (Lipinski definition) is 4. The highest BCUT2D eigenvalue weighted by Crippen LogP contribution is 2.19. The van der Waals surface area contributed by atoms with E-state index in [1.54, 1.807) is 19.1 Å². The summed E-state index contributed by atoms with van der Waals surface area (Å²) in [4.78, 5) is 0.155. The van der Waals surface area contributed by atoms with Crippen molar-refractivity contribution in [2.75, 3.05) is 12.3 Å². The van der Waals surface area contributed by atoms with Crippen molar-refractivity contribution in [2.24, 2.45) is 0 Å². The Labute approximate surface area is 114 Å². The van der Waals surface area contributed by atoms with Crippen molar-refractivity contribution in [1.29, 1.82) is 0 Å². The second kappa shape index (κ2) is 5.90. The first-order chi connectivity index (χ1) is 8.74. The molecule has 0 bridgehead atoms. The quantitative estimate of drug-likeness (QED) is 0.689. The molecule has 0 saturated heterocycles. The van der Waals surface area contributed by atoms with E-state index >= 15 is 0 Å². The molecule has 0 atom stereocenters. The van der Waals surface area contributed by atoms with Gasteiger partial charge >= 0.3 is 0 Å². The summed E-state index contributed by atoms with van der Waals surface area (Å²) in [7, 11) is -3.66. The van der Waals surface area contributed by atoms with Gasteiger partial charge in [-0.2, -0.15) is 0 Å². The highest BCUT2D eigenvalue weighted by molar-refractivity contribution is 7.89. The number of sulfonamides is 1. The summed E-state index contributed by atoms with van der Waals surface area (Å²) in [5.74, 6) is 0. The number of aryl methyl sites for hydroxylation is 1. The van der Waals surface area contributed by atoms with Crippen molar-refractivity contribution in [3.63, 3.8) is 0 Å². The van der Waals surface area contributed by atoms with E-state index in [4.69, 9.17) is 5.73 Å². The average molecular weight is 286 g/mol. The molecule has 0 amide bonds. The van der Waals surface area contributed by atoms with E-state index in [1.807, 2.05) is 13.8 Å². The Morgan fingerprint density at radius 3 is 2.42 bits per heavy atom. The number of nitrogen functional groups attached to an aromatic ring is 1. The molecular formula is C13H22N2O3S. The molecule has 19 heavy (non-hydrogen) atoms. The van der Waals surface area contributed by atoms with Gasteiger partial charge in [0.15, 0.2) is 0 Å². The second-order valence-corrected chi connectivity index (χ2v) is 6.52. The highest BCUT2D eigenvalue weighted by Gasteiger charge is 2.26. The molecule has 5 nitrogen and oxygen atoms in total. The van der Waals surface area contributed by atoms with Crippen LogP contribution >= 0.6 is 0 Å². The van der Waals surface area contributed by atoms with E-state index in [0.717, 1.165) is 0 Å². The van der Waals surface area contributed by atoms with Crippen LogP contribution in [-0.2, 0) is 10.0 Å². The first kappa shape index (κ1) is 15.9. The van der Waals surface area contributed by atoms with Crippen LogP contribution in [0.15, 0.2) is 23.1 Å². The maximum absolute atomic E-state index is 12.2. The second-order valence-electron chi connectivity index (χ2n) is 4.78. The molecule has 6 heteroatoms. The Hall–Kier alpha value is -1.11. The molecule has 0 heterocycles. The molecule has 0 saturated carbocycles. The smallest absolute Gasteiger partial charge is 0.241 e. The lowest BCUT2D eigenvalue weighted by Crippen LogP contribution is -2.42. The van der Waals surface area contributed by atoms with Gasteiger partial charge in [0, 0.05) is 12.2 Å². The lowest BCUT2D eigenvalue weighted by atomic mass is 9.98. The van der Waals surface area contributed by atoms with Gasteiger partial charge in [-0.25, -0.2) is 13.1 Å². The fourth-order valence-corrected chi connectivity index (χ4v) is 3.11. The van der Waals surface area contributed by atoms with Crippen LogP contribution in [0.4, 0.5) is 5.69 Å². The van der Waals surface area contributed by atoms with Gasteiger partial charge in [-0.15, -0.1) is 0 Å². The van der Waals surface area contributed by atoms with Gasteiger partial charge < -0.3 is 10.8 Å². The van der Waals surface area contributed by atoms with Crippen molar-refractivity contribution >= 4 is 15.7 Å². The van der Waals surface area contributed by atoms with Gasteiger partial charge in [-0.3, -0.25) is 0 Å². The lowest BCUT2D eigenvalue weighted by Gasteiger charge is -2.25. The predicted molar refractivity (Wildman–Crippen MR) is 76.3 cm³/mol. The summed E-state index contributed by atoms with van der Waals surface area (Å²) >= 11 is 0. The summed E-state index contributed by atoms with van der Waals surface area (Å²) in [6, 6.07) is 4.74. The fraction of sp³-hybridized carbons (Fsp3) is 0.538. The predicted octanol–water partition coefficient (Wildman–Crippen LogP) is 1.41. The molecule has 0 aliphatic carbocycles. The monoisotopic (exact) mass is 286 g/mol. The van der Waals surface area contributed by atoms with E-state index in [0.29, 0.717) is 24.1 Å². The number of aliphatic hydroxyl groups is 1. The van der Waals surface area contributed by atoms with Crippen LogP contribution in [0.25, 0.3) is 0 Å². The van der Waals surface area contributed by atoms with Crippen LogP contribution in [-0.4, -0.2) is 25.7 Å². The SMILES string of the molecule is CCC(O)(CC)CNS(=O)(=O)c1cc(N)ccc1C. The molecule has 0 aliphatic heterocycles. The first-order valence-electron chi connectivity index (χ1n) is 6.32. The number of nitrogens with two attached hydrogens (primary N) is 1. The van der Waals surface area contributed by atoms with Crippen molar-refractivity contribution in [3.05, 3.63) is 23.8 Å². The van der Waals surface area contributed by atoms with Crippen molar-refractivity contribution in [2.45, 2.75) is 44.1 Å². The van der Waals surface area contributed by atoms with Crippen LogP contribution in [0.3, 0.4) is 0 Å². The van der Waals surface area contributed by atoms with Crippen LogP contribution in [0, 0.1) is 6.92 Å². The zero-order chi connectivity index (χ0) is 14.7. The molecule has 0 fully saturated rings. The largest absolute Gasteiger partial charge is 0.399 e. The number of anilines is 1. The molecule has 0 spiro atoms. The Bertz CT molecular complexity index is 537. The average Bonchev–Trinajstić information content (AvgIpc) is 2.39. The molecule has 0 aliphatic rings. The molecule has 1 rings (SSSR count). The molecule has 0 unspecified atom stereocenters. The number of rotatable bonds is 6. The number of benzene rings is 1. The summed E-state index contributed by atoms with van der Waals surface area (Å²) in [5.41, 5.74) is 5.62. The highest BCUT2D eigenvalue weighted by atomic mass is 32.2. The normalized spacial score (nSPS) is 12.6. The van der Waals surface area contributed by atoms with E-state index in [1.165, 1.54) is 6.07 Å². The fourth-order valence-electron chi connectivity index (χ4n) is 1.71. The maximum atomic E-state index is 12.2. The van der Waals surface area contributed by atoms with Gasteiger partial charge in [0.1, 0.15) is 0 Å². The van der Waals surface area contributed by atoms with Crippen LogP contribution in [0.5, 0.6) is 0 Å². The van der Waals surface area contributed by atoms with Crippen molar-refractivity contribution in [3.8, 4) is 0 Å². The third-order valence-electron chi connectivity index (χ3n) is 3.41. The molecule has 0 aromatic heterocycles. The Morgan fingerprint density at radius 1 is 1.32 bits per heavy atom. The molecule has 108 valence electrons. The minimum absolute atomic E-state index is 0.00340. The van der Waals surface area contributed by atoms with Crippen molar-refractivity contribution < 1.29 is 13.5 Å². The zero-order valence-corrected chi connectivity index (χ0v) is 12.4. The van der Waals surface area contributed by atoms with E-state index in [2.05, 4.69) is 4.72 Å². The van der Waals surface area contributed by atoms with Gasteiger partial charge in [-0.1, -0.05) is 19.9 Å². The molecule has 1 aromatic carbocycles. The lowest BCUT2D eigenvalue weighted by molar-refractivity contribution is 0.0377. The summed E-state index contributed by atoms with van der Waals surface area (Å²) in [6.45, 7) is 5.35. The zero-order valence-electron chi connectivity index (χ0n) is 11.6. The van der Waals surface area contributed by atoms with Gasteiger partial charge in [0.05, 0.1) is 10.5 Å². The first-order valence-corrected chi connectivity index (χ1v) is 7.80. The Balaban J connectivity index is 2.96. The van der Waals surface area contributed by atoms with Gasteiger partial charge in [0.25, 0.3) is 0 Å². The summed E-state index contributed by atoms with van der Waals surface area (Å²) in [6.07, 6.45) is 0.976. The molecular weight excluding hydrogens is 264 g/mol. The standard InChI is InChI=1S/C13H22N2O3S/c1-4-13(16,5-2)9-15-19(17,18)12-8-11(14)7-6-10(12)3/h6-8,15-16H,4-5,9,14H2,1-3H3. The molecule has 1 aromatic rings. The van der Waals surface area contributed by atoms with Gasteiger partial charge in [-0.05, 0) is 37.5 Å². The maximum Gasteiger partial charge on any atom is 0.241 e. The summed E-state index contributed by atoms with van der Waals surface area (Å²) < 4.78 is 26.9. The van der Waals surface area contributed by atoms with E-state index in [-0.39, 0.29) is 11.4 Å². The van der Waals surface area contributed by atoms with Crippen LogP contribution in [0.1, 0.15) is 32.3 Å². The van der Waals surface area contributed by atoms with Gasteiger partial charge in [0.2, 0.25) is 10.0 Å². The van der Waals surface area contributed by atoms with Crippen molar-refractivity contribution in [1.82, 2.24) is 4.72 Å². The van der Waals surface area contributed by atoms with E-state index in [9.17, 15) is 13.5 Å². The minimum Gasteiger partial charge on any atom is -0.399 e. The van der Waals surface area contributed by atoms with E-state index < -0.39 is 15.6 Å². The molecule has 4 N–H and O–H groups in total.